The van der Waals surface area contributed by atoms with Gasteiger partial charge in [-0.1, -0.05) is 0 Å². The molecular formula is C13H12N4O3. The van der Waals surface area contributed by atoms with Crippen molar-refractivity contribution in [2.45, 2.75) is 6.10 Å². The van der Waals surface area contributed by atoms with Crippen LogP contribution in [-0.4, -0.2) is 35.9 Å². The predicted molar refractivity (Wildman–Crippen MR) is 70.3 cm³/mol. The lowest BCUT2D eigenvalue weighted by Crippen LogP contribution is -2.02. The number of hydrogen-bond donors (Lipinski definition) is 3. The number of aromatic amines is 1. The van der Waals surface area contributed by atoms with E-state index < -0.39 is 12.1 Å². The number of carboxylic acid groups (broad SMARTS) is 1. The Kier molecular flexibility index (Phi) is 2.76. The molecule has 3 rings (SSSR count). The third kappa shape index (κ3) is 1.94. The van der Waals surface area contributed by atoms with Gasteiger partial charge < -0.3 is 15.2 Å². The molecule has 1 unspecified atom stereocenters. The number of carboxylic acids is 1. The first-order valence-corrected chi connectivity index (χ1v) is 5.95. The van der Waals surface area contributed by atoms with Crippen LogP contribution in [0.15, 0.2) is 30.6 Å². The summed E-state index contributed by atoms with van der Waals surface area (Å²) in [7, 11) is 1.76. The lowest BCUT2D eigenvalue weighted by molar-refractivity contribution is 0.0698. The first-order valence-electron chi connectivity index (χ1n) is 5.95. The van der Waals surface area contributed by atoms with Crippen molar-refractivity contribution in [3.63, 3.8) is 0 Å². The highest BCUT2D eigenvalue weighted by atomic mass is 16.4. The first-order chi connectivity index (χ1) is 9.56. The Morgan fingerprint density at radius 3 is 2.90 bits per heavy atom. The second kappa shape index (κ2) is 4.46. The molecule has 3 heterocycles. The summed E-state index contributed by atoms with van der Waals surface area (Å²) in [5.41, 5.74) is 1.95. The summed E-state index contributed by atoms with van der Waals surface area (Å²) in [6, 6.07) is 4.74. The summed E-state index contributed by atoms with van der Waals surface area (Å²) in [6.45, 7) is 0. The SMILES string of the molecule is Cn1ccc(C(O)c2cc3nccc(C(=O)O)c3[nH]2)n1. The molecule has 7 nitrogen and oxygen atoms in total. The topological polar surface area (TPSA) is 104 Å². The maximum absolute atomic E-state index is 11.1. The molecule has 7 heteroatoms. The fourth-order valence-electron chi connectivity index (χ4n) is 2.11. The van der Waals surface area contributed by atoms with Crippen LogP contribution in [0.4, 0.5) is 0 Å². The normalized spacial score (nSPS) is 12.7. The molecule has 0 aliphatic carbocycles. The van der Waals surface area contributed by atoms with Crippen LogP contribution in [0.2, 0.25) is 0 Å². The van der Waals surface area contributed by atoms with E-state index in [0.29, 0.717) is 22.4 Å². The molecule has 0 spiro atoms. The van der Waals surface area contributed by atoms with Crippen molar-refractivity contribution in [1.82, 2.24) is 19.7 Å². The number of nitrogens with zero attached hydrogens (tertiary/aromatic N) is 3. The van der Waals surface area contributed by atoms with Crippen molar-refractivity contribution in [3.05, 3.63) is 47.5 Å². The number of aromatic nitrogens is 4. The molecule has 0 aromatic carbocycles. The standard InChI is InChI=1S/C13H12N4O3/c1-17-5-3-8(16-17)12(18)10-6-9-11(15-10)7(13(19)20)2-4-14-9/h2-6,12,15,18H,1H3,(H,19,20). The average Bonchev–Trinajstić information content (AvgIpc) is 3.02. The molecule has 0 bridgehead atoms. The zero-order valence-electron chi connectivity index (χ0n) is 10.6. The van der Waals surface area contributed by atoms with Crippen LogP contribution in [0, 0.1) is 0 Å². The average molecular weight is 272 g/mol. The maximum Gasteiger partial charge on any atom is 0.337 e. The van der Waals surface area contributed by atoms with Gasteiger partial charge in [0.1, 0.15) is 6.10 Å². The van der Waals surface area contributed by atoms with Gasteiger partial charge in [-0.25, -0.2) is 4.79 Å². The Bertz CT molecular complexity index is 790. The molecule has 20 heavy (non-hydrogen) atoms. The molecule has 0 aliphatic heterocycles. The van der Waals surface area contributed by atoms with Crippen molar-refractivity contribution in [3.8, 4) is 0 Å². The molecule has 0 saturated carbocycles. The molecule has 0 fully saturated rings. The number of aromatic carboxylic acids is 1. The largest absolute Gasteiger partial charge is 0.478 e. The minimum Gasteiger partial charge on any atom is -0.478 e. The van der Waals surface area contributed by atoms with E-state index in [1.54, 1.807) is 30.1 Å². The lowest BCUT2D eigenvalue weighted by Gasteiger charge is -2.04. The quantitative estimate of drug-likeness (QED) is 0.661. The van der Waals surface area contributed by atoms with Gasteiger partial charge in [-0.3, -0.25) is 9.67 Å². The molecule has 0 aliphatic rings. The number of aliphatic hydroxyl groups excluding tert-OH is 1. The number of nitrogens with one attached hydrogen (secondary N) is 1. The Hall–Kier alpha value is -2.67. The van der Waals surface area contributed by atoms with Crippen LogP contribution in [0.25, 0.3) is 11.0 Å². The summed E-state index contributed by atoms with van der Waals surface area (Å²) >= 11 is 0. The van der Waals surface area contributed by atoms with Gasteiger partial charge in [0.2, 0.25) is 0 Å². The fourth-order valence-corrected chi connectivity index (χ4v) is 2.11. The number of fused-ring (bicyclic) bond motifs is 1. The Morgan fingerprint density at radius 1 is 1.45 bits per heavy atom. The lowest BCUT2D eigenvalue weighted by atomic mass is 10.2. The van der Waals surface area contributed by atoms with E-state index in [9.17, 15) is 9.90 Å². The van der Waals surface area contributed by atoms with Gasteiger partial charge in [0, 0.05) is 19.4 Å². The minimum absolute atomic E-state index is 0.120. The van der Waals surface area contributed by atoms with Crippen LogP contribution in [0.3, 0.4) is 0 Å². The second-order valence-corrected chi connectivity index (χ2v) is 4.47. The van der Waals surface area contributed by atoms with Gasteiger partial charge in [0.05, 0.1) is 28.0 Å². The van der Waals surface area contributed by atoms with Crippen molar-refractivity contribution in [2.24, 2.45) is 7.05 Å². The Labute approximate surface area is 113 Å². The molecule has 102 valence electrons. The minimum atomic E-state index is -1.04. The van der Waals surface area contributed by atoms with Gasteiger partial charge in [-0.05, 0) is 18.2 Å². The first kappa shape index (κ1) is 12.4. The van der Waals surface area contributed by atoms with Crippen molar-refractivity contribution in [2.75, 3.05) is 0 Å². The molecule has 0 amide bonds. The molecule has 0 radical (unpaired) electrons. The second-order valence-electron chi connectivity index (χ2n) is 4.47. The van der Waals surface area contributed by atoms with Crippen LogP contribution in [-0.2, 0) is 7.05 Å². The van der Waals surface area contributed by atoms with Gasteiger partial charge in [-0.2, -0.15) is 5.10 Å². The summed E-state index contributed by atoms with van der Waals surface area (Å²) in [5.74, 6) is -1.04. The van der Waals surface area contributed by atoms with E-state index in [1.807, 2.05) is 0 Å². The number of aryl methyl sites for hydroxylation is 1. The van der Waals surface area contributed by atoms with E-state index in [1.165, 1.54) is 12.3 Å². The Balaban J connectivity index is 2.09. The third-order valence-electron chi connectivity index (χ3n) is 3.08. The maximum atomic E-state index is 11.1. The van der Waals surface area contributed by atoms with Crippen molar-refractivity contribution >= 4 is 17.0 Å². The highest BCUT2D eigenvalue weighted by Gasteiger charge is 2.18. The number of carbonyl (C=O) groups is 1. The highest BCUT2D eigenvalue weighted by molar-refractivity contribution is 6.00. The Morgan fingerprint density at radius 2 is 2.25 bits per heavy atom. The predicted octanol–water partition coefficient (Wildman–Crippen LogP) is 1.08. The third-order valence-corrected chi connectivity index (χ3v) is 3.08. The molecule has 3 aromatic heterocycles. The van der Waals surface area contributed by atoms with E-state index in [-0.39, 0.29) is 5.56 Å². The van der Waals surface area contributed by atoms with Gasteiger partial charge in [-0.15, -0.1) is 0 Å². The van der Waals surface area contributed by atoms with Crippen LogP contribution < -0.4 is 0 Å². The van der Waals surface area contributed by atoms with Gasteiger partial charge >= 0.3 is 5.97 Å². The van der Waals surface area contributed by atoms with Crippen molar-refractivity contribution < 1.29 is 15.0 Å². The molecule has 3 aromatic rings. The summed E-state index contributed by atoms with van der Waals surface area (Å²) in [5, 5.41) is 23.5. The van der Waals surface area contributed by atoms with Crippen LogP contribution >= 0.6 is 0 Å². The fraction of sp³-hybridized carbons (Fsp3) is 0.154. The molecule has 0 saturated heterocycles. The van der Waals surface area contributed by atoms with Gasteiger partial charge in [0.25, 0.3) is 0 Å². The number of aliphatic hydroxyl groups is 1. The molecular weight excluding hydrogens is 260 g/mol. The van der Waals surface area contributed by atoms with Crippen LogP contribution in [0.5, 0.6) is 0 Å². The number of pyridine rings is 1. The van der Waals surface area contributed by atoms with E-state index in [4.69, 9.17) is 5.11 Å². The van der Waals surface area contributed by atoms with Crippen molar-refractivity contribution in [1.29, 1.82) is 0 Å². The monoisotopic (exact) mass is 272 g/mol. The number of rotatable bonds is 3. The number of hydrogen-bond acceptors (Lipinski definition) is 4. The smallest absolute Gasteiger partial charge is 0.337 e. The van der Waals surface area contributed by atoms with E-state index in [2.05, 4.69) is 15.1 Å². The van der Waals surface area contributed by atoms with E-state index >= 15 is 0 Å². The molecule has 1 atom stereocenters. The highest BCUT2D eigenvalue weighted by Crippen LogP contribution is 2.24. The van der Waals surface area contributed by atoms with E-state index in [0.717, 1.165) is 0 Å². The zero-order valence-corrected chi connectivity index (χ0v) is 10.6. The summed E-state index contributed by atoms with van der Waals surface area (Å²) in [4.78, 5) is 18.1. The summed E-state index contributed by atoms with van der Waals surface area (Å²) in [6.07, 6.45) is 2.20. The van der Waals surface area contributed by atoms with Crippen LogP contribution in [0.1, 0.15) is 27.8 Å². The molecule has 3 N–H and O–H groups in total. The summed E-state index contributed by atoms with van der Waals surface area (Å²) < 4.78 is 1.59. The number of H-pyrrole nitrogens is 1. The van der Waals surface area contributed by atoms with Gasteiger partial charge in [0.15, 0.2) is 0 Å². The zero-order chi connectivity index (χ0) is 14.3.